The van der Waals surface area contributed by atoms with E-state index in [1.54, 1.807) is 0 Å². The van der Waals surface area contributed by atoms with Gasteiger partial charge in [-0.15, -0.1) is 0 Å². The number of ether oxygens (including phenoxy) is 1. The summed E-state index contributed by atoms with van der Waals surface area (Å²) in [5, 5.41) is 4.85. The van der Waals surface area contributed by atoms with Gasteiger partial charge in [0.1, 0.15) is 0 Å². The number of para-hydroxylation sites is 4. The van der Waals surface area contributed by atoms with Gasteiger partial charge in [-0.1, -0.05) is 146 Å². The highest BCUT2D eigenvalue weighted by Gasteiger charge is 2.25. The fourth-order valence-electron chi connectivity index (χ4n) is 9.16. The Morgan fingerprint density at radius 3 is 1.51 bits per heavy atom. The lowest BCUT2D eigenvalue weighted by Gasteiger charge is -2.22. The van der Waals surface area contributed by atoms with Crippen molar-refractivity contribution >= 4 is 43.6 Å². The van der Waals surface area contributed by atoms with E-state index >= 15 is 0 Å². The van der Waals surface area contributed by atoms with Gasteiger partial charge in [-0.25, -0.2) is 0 Å². The van der Waals surface area contributed by atoms with Gasteiger partial charge in [-0.2, -0.15) is 0 Å². The van der Waals surface area contributed by atoms with Crippen LogP contribution in [0.3, 0.4) is 0 Å². The summed E-state index contributed by atoms with van der Waals surface area (Å²) in [6.45, 7) is 0. The van der Waals surface area contributed by atoms with Crippen LogP contribution >= 0.6 is 0 Å². The first kappa shape index (κ1) is 31.7. The molecule has 0 N–H and O–H groups in total. The van der Waals surface area contributed by atoms with E-state index in [0.29, 0.717) is 0 Å². The van der Waals surface area contributed by atoms with Crippen LogP contribution in [0.1, 0.15) is 0 Å². The number of nitrogens with zero attached hydrogens (tertiary/aromatic N) is 2. The van der Waals surface area contributed by atoms with Crippen LogP contribution in [0.5, 0.6) is 11.5 Å². The molecule has 3 heteroatoms. The van der Waals surface area contributed by atoms with Crippen molar-refractivity contribution < 1.29 is 4.74 Å². The van der Waals surface area contributed by atoms with Crippen molar-refractivity contribution in [2.45, 2.75) is 0 Å². The van der Waals surface area contributed by atoms with E-state index < -0.39 is 0 Å². The molecule has 0 aliphatic carbocycles. The van der Waals surface area contributed by atoms with Crippen molar-refractivity contribution in [1.82, 2.24) is 9.13 Å². The van der Waals surface area contributed by atoms with Crippen LogP contribution in [0.15, 0.2) is 206 Å². The Kier molecular flexibility index (Phi) is 6.93. The molecule has 0 fully saturated rings. The molecule has 0 amide bonds. The fraction of sp³-hybridized carbons (Fsp3) is 0. The van der Waals surface area contributed by atoms with Crippen molar-refractivity contribution in [2.24, 2.45) is 0 Å². The minimum atomic E-state index is 0.862. The van der Waals surface area contributed by atoms with Gasteiger partial charge < -0.3 is 13.9 Å². The summed E-state index contributed by atoms with van der Waals surface area (Å²) < 4.78 is 11.5. The lowest BCUT2D eigenvalue weighted by molar-refractivity contribution is 0.476. The quantitative estimate of drug-likeness (QED) is 0.173. The fourth-order valence-corrected chi connectivity index (χ4v) is 9.16. The highest BCUT2D eigenvalue weighted by Crippen LogP contribution is 2.49. The van der Waals surface area contributed by atoms with Crippen LogP contribution in [-0.2, 0) is 0 Å². The summed E-state index contributed by atoms with van der Waals surface area (Å²) in [7, 11) is 0. The third kappa shape index (κ3) is 4.86. The molecule has 1 aliphatic heterocycles. The molecule has 0 radical (unpaired) electrons. The first-order valence-corrected chi connectivity index (χ1v) is 19.5. The Morgan fingerprint density at radius 2 is 0.807 bits per heavy atom. The number of hydrogen-bond donors (Lipinski definition) is 0. The maximum absolute atomic E-state index is 6.72. The van der Waals surface area contributed by atoms with E-state index in [9.17, 15) is 0 Å². The summed E-state index contributed by atoms with van der Waals surface area (Å²) in [6, 6.07) is 74.5. The first-order valence-electron chi connectivity index (χ1n) is 19.5. The molecule has 0 saturated carbocycles. The molecular formula is C54H34N2O. The number of hydrogen-bond acceptors (Lipinski definition) is 1. The van der Waals surface area contributed by atoms with E-state index in [0.717, 1.165) is 50.6 Å². The lowest BCUT2D eigenvalue weighted by atomic mass is 9.92. The maximum Gasteiger partial charge on any atom is 0.152 e. The van der Waals surface area contributed by atoms with Gasteiger partial charge in [-0.3, -0.25) is 0 Å². The standard InChI is InChI=1S/C54H34N2O/c1-3-15-35(16-4-1)37-27-29-49-44(31-37)45-32-38(36-17-5-2-6-18-36)28-30-50(45)55(49)47-23-11-9-21-42(47)41-20-8-7-19-40(41)39-33-46-43-22-10-12-24-48(43)56-51-25-13-14-26-52(51)57-53(34-39)54(46)56/h1-34H. The third-order valence-electron chi connectivity index (χ3n) is 11.7. The minimum Gasteiger partial charge on any atom is -0.453 e. The lowest BCUT2D eigenvalue weighted by Crippen LogP contribution is -2.04. The molecule has 0 saturated heterocycles. The molecule has 0 unspecified atom stereocenters. The molecule has 9 aromatic carbocycles. The van der Waals surface area contributed by atoms with E-state index in [4.69, 9.17) is 4.74 Å². The molecule has 2 aromatic heterocycles. The second-order valence-electron chi connectivity index (χ2n) is 14.9. The van der Waals surface area contributed by atoms with Crippen molar-refractivity contribution in [3.8, 4) is 67.4 Å². The van der Waals surface area contributed by atoms with E-state index in [1.807, 2.05) is 6.07 Å². The van der Waals surface area contributed by atoms with Crippen molar-refractivity contribution in [3.05, 3.63) is 206 Å². The zero-order valence-electron chi connectivity index (χ0n) is 30.9. The molecule has 0 spiro atoms. The summed E-state index contributed by atoms with van der Waals surface area (Å²) in [6.07, 6.45) is 0. The van der Waals surface area contributed by atoms with Crippen molar-refractivity contribution in [1.29, 1.82) is 0 Å². The second-order valence-corrected chi connectivity index (χ2v) is 14.9. The predicted molar refractivity (Wildman–Crippen MR) is 237 cm³/mol. The molecule has 3 nitrogen and oxygen atoms in total. The van der Waals surface area contributed by atoms with Gasteiger partial charge in [0.25, 0.3) is 0 Å². The Balaban J connectivity index is 1.09. The molecule has 1 aliphatic rings. The molecule has 11 aromatic rings. The van der Waals surface area contributed by atoms with Gasteiger partial charge in [0.15, 0.2) is 11.5 Å². The molecular weight excluding hydrogens is 693 g/mol. The molecule has 57 heavy (non-hydrogen) atoms. The van der Waals surface area contributed by atoms with Gasteiger partial charge in [0.05, 0.1) is 33.4 Å². The summed E-state index contributed by atoms with van der Waals surface area (Å²) in [5.41, 5.74) is 16.2. The smallest absolute Gasteiger partial charge is 0.152 e. The van der Waals surface area contributed by atoms with Gasteiger partial charge in [0.2, 0.25) is 0 Å². The van der Waals surface area contributed by atoms with E-state index in [2.05, 4.69) is 209 Å². The van der Waals surface area contributed by atoms with Crippen molar-refractivity contribution in [3.63, 3.8) is 0 Å². The number of fused-ring (bicyclic) bond motifs is 8. The summed E-state index contributed by atoms with van der Waals surface area (Å²) >= 11 is 0. The topological polar surface area (TPSA) is 19.1 Å². The molecule has 0 bridgehead atoms. The monoisotopic (exact) mass is 726 g/mol. The number of aromatic nitrogens is 2. The van der Waals surface area contributed by atoms with Crippen LogP contribution in [0.25, 0.3) is 99.5 Å². The van der Waals surface area contributed by atoms with Crippen LogP contribution < -0.4 is 4.74 Å². The maximum atomic E-state index is 6.72. The normalized spacial score (nSPS) is 12.0. The van der Waals surface area contributed by atoms with Gasteiger partial charge in [0, 0.05) is 27.1 Å². The largest absolute Gasteiger partial charge is 0.453 e. The van der Waals surface area contributed by atoms with E-state index in [1.165, 1.54) is 60.3 Å². The second kappa shape index (κ2) is 12.5. The third-order valence-corrected chi connectivity index (χ3v) is 11.7. The highest BCUT2D eigenvalue weighted by atomic mass is 16.5. The molecule has 3 heterocycles. The summed E-state index contributed by atoms with van der Waals surface area (Å²) in [4.78, 5) is 0. The van der Waals surface area contributed by atoms with Crippen LogP contribution in [-0.4, -0.2) is 9.13 Å². The van der Waals surface area contributed by atoms with Crippen LogP contribution in [0.2, 0.25) is 0 Å². The number of rotatable bonds is 5. The average molecular weight is 727 g/mol. The average Bonchev–Trinajstić information content (AvgIpc) is 3.80. The van der Waals surface area contributed by atoms with Crippen LogP contribution in [0, 0.1) is 0 Å². The zero-order valence-corrected chi connectivity index (χ0v) is 30.9. The predicted octanol–water partition coefficient (Wildman–Crippen LogP) is 14.7. The first-order chi connectivity index (χ1) is 28.3. The van der Waals surface area contributed by atoms with Gasteiger partial charge >= 0.3 is 0 Å². The Morgan fingerprint density at radius 1 is 0.281 bits per heavy atom. The van der Waals surface area contributed by atoms with Gasteiger partial charge in [-0.05, 0) is 99.6 Å². The minimum absolute atomic E-state index is 0.862. The Hall–Kier alpha value is -7.62. The van der Waals surface area contributed by atoms with Crippen LogP contribution in [0.4, 0.5) is 0 Å². The number of benzene rings is 9. The SMILES string of the molecule is c1ccc(-c2ccc3c(c2)c2cc(-c4ccccc4)ccc2n3-c2ccccc2-c2ccccc2-c2cc3c4c(c2)c2ccccc2n4-c2ccccc2O3)cc1. The summed E-state index contributed by atoms with van der Waals surface area (Å²) in [5.74, 6) is 1.73. The molecule has 0 atom stereocenters. The Bertz CT molecular complexity index is 3270. The highest BCUT2D eigenvalue weighted by molar-refractivity contribution is 6.15. The molecule has 12 rings (SSSR count). The Labute approximate surface area is 329 Å². The molecule has 266 valence electrons. The van der Waals surface area contributed by atoms with E-state index in [-0.39, 0.29) is 0 Å². The van der Waals surface area contributed by atoms with Crippen molar-refractivity contribution in [2.75, 3.05) is 0 Å². The zero-order chi connectivity index (χ0) is 37.5.